The molecule has 0 aliphatic heterocycles. The second-order valence-corrected chi connectivity index (χ2v) is 10.00. The van der Waals surface area contributed by atoms with Gasteiger partial charge in [0.15, 0.2) is 0 Å². The van der Waals surface area contributed by atoms with Crippen LogP contribution in [0.25, 0.3) is 71.3 Å². The van der Waals surface area contributed by atoms with Crippen molar-refractivity contribution in [2.24, 2.45) is 0 Å². The molecule has 0 aliphatic rings. The van der Waals surface area contributed by atoms with Crippen LogP contribution in [-0.2, 0) is 6.42 Å². The van der Waals surface area contributed by atoms with Crippen molar-refractivity contribution in [3.8, 4) is 27.9 Å². The number of para-hydroxylation sites is 3. The predicted octanol–water partition coefficient (Wildman–Crippen LogP) is 10.4. The molecule has 1 heterocycles. The number of nitrogens with zero attached hydrogens (tertiary/aromatic N) is 2. The molecule has 1 aromatic heterocycles. The van der Waals surface area contributed by atoms with Crippen molar-refractivity contribution >= 4 is 43.4 Å². The lowest BCUT2D eigenvalue weighted by atomic mass is 9.84. The zero-order valence-electron chi connectivity index (χ0n) is 30.3. The number of hydrogen-bond acceptors (Lipinski definition) is 1. The minimum absolute atomic E-state index is 0.182. The Morgan fingerprint density at radius 2 is 1.15 bits per heavy atom. The monoisotopic (exact) mass is 532 g/mol. The molecule has 0 bridgehead atoms. The van der Waals surface area contributed by atoms with Gasteiger partial charge < -0.3 is 0 Å². The quantitative estimate of drug-likeness (QED) is 0.206. The van der Waals surface area contributed by atoms with Crippen LogP contribution in [0.1, 0.15) is 23.7 Å². The highest BCUT2D eigenvalue weighted by molar-refractivity contribution is 6.24. The molecule has 0 N–H and O–H groups in total. The fraction of sp³-hybridized carbons (Fsp3) is 0.0513. The number of aryl methyl sites for hydroxylation is 1. The summed E-state index contributed by atoms with van der Waals surface area (Å²) in [5.41, 5.74) is 4.11. The first kappa shape index (κ1) is 16.8. The molecular weight excluding hydrogens is 496 g/mol. The molecule has 0 unspecified atom stereocenters. The maximum absolute atomic E-state index is 9.39. The van der Waals surface area contributed by atoms with E-state index in [0.29, 0.717) is 34.4 Å². The molecule has 0 atom stereocenters. The SMILES string of the molecule is [2H]c1c([2H])c([2H])c2c(-c3cccc4ccccc34)c3c([2H])c([2H])c([2H])c([2H])c3c(-c3ccccc3-n3c(CC)nc4ccccc43)c2c1[2H]. The molecule has 2 heteroatoms. The molecule has 7 aromatic carbocycles. The summed E-state index contributed by atoms with van der Waals surface area (Å²) >= 11 is 0. The number of rotatable bonds is 4. The molecule has 8 aromatic rings. The van der Waals surface area contributed by atoms with Crippen molar-refractivity contribution in [3.63, 3.8) is 0 Å². The molecule has 0 amide bonds. The summed E-state index contributed by atoms with van der Waals surface area (Å²) in [7, 11) is 0. The van der Waals surface area contributed by atoms with E-state index in [1.54, 1.807) is 0 Å². The Morgan fingerprint density at radius 3 is 1.88 bits per heavy atom. The van der Waals surface area contributed by atoms with Gasteiger partial charge in [0.25, 0.3) is 0 Å². The van der Waals surface area contributed by atoms with Gasteiger partial charge in [-0.1, -0.05) is 128 Å². The summed E-state index contributed by atoms with van der Waals surface area (Å²) in [5, 5.41) is 2.42. The van der Waals surface area contributed by atoms with Crippen LogP contribution in [-0.4, -0.2) is 9.55 Å². The van der Waals surface area contributed by atoms with Crippen molar-refractivity contribution in [1.29, 1.82) is 0 Å². The van der Waals surface area contributed by atoms with Crippen LogP contribution < -0.4 is 0 Å². The number of imidazole rings is 1. The van der Waals surface area contributed by atoms with Crippen LogP contribution in [0, 0.1) is 0 Å². The smallest absolute Gasteiger partial charge is 0.114 e. The van der Waals surface area contributed by atoms with E-state index < -0.39 is 24.2 Å². The Balaban J connectivity index is 1.69. The molecule has 0 saturated carbocycles. The summed E-state index contributed by atoms with van der Waals surface area (Å²) in [5.74, 6) is 0.776. The molecule has 0 spiro atoms. The Morgan fingerprint density at radius 1 is 0.585 bits per heavy atom. The van der Waals surface area contributed by atoms with E-state index >= 15 is 0 Å². The van der Waals surface area contributed by atoms with Crippen LogP contribution in [0.2, 0.25) is 0 Å². The van der Waals surface area contributed by atoms with E-state index in [1.807, 2.05) is 102 Å². The first-order valence-electron chi connectivity index (χ1n) is 17.7. The molecule has 0 fully saturated rings. The summed E-state index contributed by atoms with van der Waals surface area (Å²) in [4.78, 5) is 4.88. The molecule has 0 radical (unpaired) electrons. The standard InChI is InChI=1S/C39H28N2/c1-2-37-40-34-23-10-12-25-36(34)41(37)35-24-11-9-21-33(35)39-31-19-7-5-17-29(31)38(30-18-6-8-20-32(30)39)28-22-13-15-26-14-3-4-16-27(26)28/h3-25H,2H2,1H3/i5D,6D,7D,8D,17D,18D,19D,20D. The maximum atomic E-state index is 9.39. The Kier molecular flexibility index (Phi) is 3.88. The normalized spacial score (nSPS) is 14.4. The maximum Gasteiger partial charge on any atom is 0.114 e. The number of benzene rings is 7. The molecular formula is C39H28N2. The van der Waals surface area contributed by atoms with Gasteiger partial charge in [0.05, 0.1) is 27.7 Å². The predicted molar refractivity (Wildman–Crippen MR) is 174 cm³/mol. The number of fused-ring (bicyclic) bond motifs is 4. The first-order chi connectivity index (χ1) is 23.6. The van der Waals surface area contributed by atoms with E-state index in [9.17, 15) is 5.48 Å². The highest BCUT2D eigenvalue weighted by Gasteiger charge is 2.21. The van der Waals surface area contributed by atoms with Crippen molar-refractivity contribution in [2.45, 2.75) is 13.3 Å². The Labute approximate surface area is 250 Å². The van der Waals surface area contributed by atoms with Crippen LogP contribution in [0.4, 0.5) is 0 Å². The van der Waals surface area contributed by atoms with Crippen LogP contribution in [0.3, 0.4) is 0 Å². The van der Waals surface area contributed by atoms with Gasteiger partial charge in [0, 0.05) is 12.0 Å². The molecule has 41 heavy (non-hydrogen) atoms. The first-order valence-corrected chi connectivity index (χ1v) is 13.7. The van der Waals surface area contributed by atoms with Crippen molar-refractivity contribution < 1.29 is 11.0 Å². The molecule has 2 nitrogen and oxygen atoms in total. The molecule has 8 rings (SSSR count). The lowest BCUT2D eigenvalue weighted by Crippen LogP contribution is -2.03. The van der Waals surface area contributed by atoms with E-state index in [1.165, 1.54) is 0 Å². The van der Waals surface area contributed by atoms with Gasteiger partial charge in [-0.15, -0.1) is 0 Å². The fourth-order valence-electron chi connectivity index (χ4n) is 6.07. The fourth-order valence-corrected chi connectivity index (χ4v) is 6.07. The van der Waals surface area contributed by atoms with Crippen LogP contribution >= 0.6 is 0 Å². The second kappa shape index (κ2) is 9.46. The summed E-state index contributed by atoms with van der Waals surface area (Å²) in [6.45, 7) is 2.01. The summed E-state index contributed by atoms with van der Waals surface area (Å²) < 4.78 is 74.7. The zero-order chi connectivity index (χ0) is 34.3. The van der Waals surface area contributed by atoms with Gasteiger partial charge in [-0.3, -0.25) is 4.57 Å². The minimum Gasteiger partial charge on any atom is -0.296 e. The molecule has 0 aliphatic carbocycles. The van der Waals surface area contributed by atoms with Crippen molar-refractivity contribution in [1.82, 2.24) is 9.55 Å². The van der Waals surface area contributed by atoms with E-state index in [0.717, 1.165) is 27.6 Å². The van der Waals surface area contributed by atoms with Crippen LogP contribution in [0.15, 0.2) is 139 Å². The number of hydrogen-bond donors (Lipinski definition) is 0. The van der Waals surface area contributed by atoms with Gasteiger partial charge in [-0.2, -0.15) is 0 Å². The minimum atomic E-state index is -0.428. The van der Waals surface area contributed by atoms with E-state index in [2.05, 4.69) is 0 Å². The third-order valence-electron chi connectivity index (χ3n) is 7.79. The zero-order valence-corrected chi connectivity index (χ0v) is 22.3. The summed E-state index contributed by atoms with van der Waals surface area (Å²) in [6, 6.07) is 25.7. The second-order valence-electron chi connectivity index (χ2n) is 10.00. The third kappa shape index (κ3) is 3.61. The Bertz CT molecular complexity index is 2610. The average Bonchev–Trinajstić information content (AvgIpc) is 3.51. The average molecular weight is 533 g/mol. The summed E-state index contributed by atoms with van der Waals surface area (Å²) in [6.07, 6.45) is 0.601. The number of aromatic nitrogens is 2. The largest absolute Gasteiger partial charge is 0.296 e. The topological polar surface area (TPSA) is 17.8 Å². The lowest BCUT2D eigenvalue weighted by Gasteiger charge is -2.21. The van der Waals surface area contributed by atoms with Gasteiger partial charge in [-0.05, 0) is 67.2 Å². The van der Waals surface area contributed by atoms with Crippen molar-refractivity contribution in [2.75, 3.05) is 0 Å². The molecule has 194 valence electrons. The Hall–Kier alpha value is -5.21. The van der Waals surface area contributed by atoms with E-state index in [4.69, 9.17) is 10.5 Å². The molecule has 0 saturated heterocycles. The van der Waals surface area contributed by atoms with Crippen molar-refractivity contribution in [3.05, 3.63) is 145 Å². The van der Waals surface area contributed by atoms with Crippen LogP contribution in [0.5, 0.6) is 0 Å². The highest BCUT2D eigenvalue weighted by atomic mass is 15.1. The highest BCUT2D eigenvalue weighted by Crippen LogP contribution is 2.46. The third-order valence-corrected chi connectivity index (χ3v) is 7.79. The van der Waals surface area contributed by atoms with Gasteiger partial charge >= 0.3 is 0 Å². The lowest BCUT2D eigenvalue weighted by molar-refractivity contribution is 0.909. The van der Waals surface area contributed by atoms with Gasteiger partial charge in [0.2, 0.25) is 0 Å². The van der Waals surface area contributed by atoms with E-state index in [-0.39, 0.29) is 45.7 Å². The van der Waals surface area contributed by atoms with Gasteiger partial charge in [-0.25, -0.2) is 4.98 Å². The van der Waals surface area contributed by atoms with Gasteiger partial charge in [0.1, 0.15) is 5.82 Å².